The minimum atomic E-state index is -0.946. The zero-order valence-corrected chi connectivity index (χ0v) is 10.6. The van der Waals surface area contributed by atoms with Crippen molar-refractivity contribution in [1.82, 2.24) is 4.90 Å². The summed E-state index contributed by atoms with van der Waals surface area (Å²) in [6.07, 6.45) is 0. The van der Waals surface area contributed by atoms with E-state index in [2.05, 4.69) is 0 Å². The Kier molecular flexibility index (Phi) is 5.93. The molecule has 0 saturated heterocycles. The number of aliphatic carboxylic acids is 1. The number of rotatable bonds is 7. The van der Waals surface area contributed by atoms with Gasteiger partial charge < -0.3 is 9.84 Å². The summed E-state index contributed by atoms with van der Waals surface area (Å²) in [6, 6.07) is 5.94. The van der Waals surface area contributed by atoms with Crippen LogP contribution in [0, 0.1) is 17.1 Å². The topological polar surface area (TPSA) is 73.6 Å². The van der Waals surface area contributed by atoms with E-state index in [1.165, 1.54) is 25.3 Å². The van der Waals surface area contributed by atoms with Gasteiger partial charge in [0.1, 0.15) is 11.9 Å². The van der Waals surface area contributed by atoms with E-state index in [0.717, 1.165) is 0 Å². The van der Waals surface area contributed by atoms with Gasteiger partial charge in [-0.3, -0.25) is 9.69 Å². The van der Waals surface area contributed by atoms with Gasteiger partial charge in [0.25, 0.3) is 0 Å². The summed E-state index contributed by atoms with van der Waals surface area (Å²) in [5.41, 5.74) is 0.648. The van der Waals surface area contributed by atoms with Crippen molar-refractivity contribution in [2.45, 2.75) is 6.54 Å². The number of hydrogen-bond acceptors (Lipinski definition) is 4. The lowest BCUT2D eigenvalue weighted by atomic mass is 10.1. The molecule has 0 atom stereocenters. The van der Waals surface area contributed by atoms with Crippen molar-refractivity contribution >= 4 is 5.97 Å². The highest BCUT2D eigenvalue weighted by Crippen LogP contribution is 2.11. The molecule has 6 heteroatoms. The zero-order valence-electron chi connectivity index (χ0n) is 10.6. The standard InChI is InChI=1S/C13H15FN2O3/c1-19-5-4-16(9-13(17)18)8-10-2-3-12(14)11(6-10)7-15/h2-3,6H,4-5,8-9H2,1H3,(H,17,18). The summed E-state index contributed by atoms with van der Waals surface area (Å²) in [4.78, 5) is 12.4. The van der Waals surface area contributed by atoms with E-state index in [1.807, 2.05) is 0 Å². The van der Waals surface area contributed by atoms with Crippen LogP contribution in [0.3, 0.4) is 0 Å². The average Bonchev–Trinajstić information content (AvgIpc) is 2.37. The number of nitrogens with zero attached hydrogens (tertiary/aromatic N) is 2. The largest absolute Gasteiger partial charge is 0.480 e. The summed E-state index contributed by atoms with van der Waals surface area (Å²) in [7, 11) is 1.53. The molecule has 0 aliphatic carbocycles. The van der Waals surface area contributed by atoms with Gasteiger partial charge in [-0.2, -0.15) is 5.26 Å². The molecular formula is C13H15FN2O3. The van der Waals surface area contributed by atoms with Gasteiger partial charge in [-0.25, -0.2) is 4.39 Å². The molecule has 0 spiro atoms. The summed E-state index contributed by atoms with van der Waals surface area (Å²) in [6.45, 7) is 1.04. The Morgan fingerprint density at radius 1 is 1.58 bits per heavy atom. The molecule has 1 rings (SSSR count). The molecule has 0 amide bonds. The number of carboxylic acid groups (broad SMARTS) is 1. The van der Waals surface area contributed by atoms with E-state index in [1.54, 1.807) is 11.0 Å². The quantitative estimate of drug-likeness (QED) is 0.803. The van der Waals surface area contributed by atoms with Crippen LogP contribution < -0.4 is 0 Å². The first-order chi connectivity index (χ1) is 9.06. The Balaban J connectivity index is 2.77. The fourth-order valence-corrected chi connectivity index (χ4v) is 1.64. The van der Waals surface area contributed by atoms with Crippen LogP contribution in [0.25, 0.3) is 0 Å². The molecule has 0 saturated carbocycles. The molecule has 102 valence electrons. The van der Waals surface area contributed by atoms with Gasteiger partial charge >= 0.3 is 5.97 Å². The summed E-state index contributed by atoms with van der Waals surface area (Å²) in [5, 5.41) is 17.6. The highest BCUT2D eigenvalue weighted by atomic mass is 19.1. The van der Waals surface area contributed by atoms with Crippen LogP contribution in [0.5, 0.6) is 0 Å². The van der Waals surface area contributed by atoms with Crippen molar-refractivity contribution in [1.29, 1.82) is 5.26 Å². The Morgan fingerprint density at radius 2 is 2.32 bits per heavy atom. The maximum absolute atomic E-state index is 13.2. The first-order valence-electron chi connectivity index (χ1n) is 5.68. The Bertz CT molecular complexity index is 485. The second kappa shape index (κ2) is 7.46. The first kappa shape index (κ1) is 15.1. The third kappa shape index (κ3) is 5.04. The highest BCUT2D eigenvalue weighted by molar-refractivity contribution is 5.69. The number of hydrogen-bond donors (Lipinski definition) is 1. The summed E-state index contributed by atoms with van der Waals surface area (Å²) in [5.74, 6) is -1.52. The van der Waals surface area contributed by atoms with Gasteiger partial charge in [0.2, 0.25) is 0 Å². The molecule has 0 radical (unpaired) electrons. The Hall–Kier alpha value is -1.97. The molecule has 0 aliphatic heterocycles. The molecule has 0 fully saturated rings. The van der Waals surface area contributed by atoms with Gasteiger partial charge in [0.15, 0.2) is 0 Å². The third-order valence-electron chi connectivity index (χ3n) is 2.53. The Labute approximate surface area is 110 Å². The van der Waals surface area contributed by atoms with Crippen molar-refractivity contribution in [3.05, 3.63) is 35.1 Å². The molecule has 19 heavy (non-hydrogen) atoms. The van der Waals surface area contributed by atoms with Crippen LogP contribution in [0.1, 0.15) is 11.1 Å². The minimum absolute atomic E-state index is 0.0421. The third-order valence-corrected chi connectivity index (χ3v) is 2.53. The van der Waals surface area contributed by atoms with Crippen LogP contribution in [-0.2, 0) is 16.1 Å². The monoisotopic (exact) mass is 266 g/mol. The van der Waals surface area contributed by atoms with Crippen LogP contribution in [0.2, 0.25) is 0 Å². The molecule has 1 aromatic rings. The molecule has 0 aromatic heterocycles. The van der Waals surface area contributed by atoms with Crippen molar-refractivity contribution in [2.24, 2.45) is 0 Å². The molecule has 0 heterocycles. The summed E-state index contributed by atoms with van der Waals surface area (Å²) < 4.78 is 18.1. The van der Waals surface area contributed by atoms with E-state index in [-0.39, 0.29) is 12.1 Å². The normalized spacial score (nSPS) is 10.4. The maximum Gasteiger partial charge on any atom is 0.317 e. The van der Waals surface area contributed by atoms with Crippen molar-refractivity contribution < 1.29 is 19.0 Å². The van der Waals surface area contributed by atoms with Gasteiger partial charge in [0.05, 0.1) is 18.7 Å². The number of benzene rings is 1. The predicted molar refractivity (Wildman–Crippen MR) is 65.9 cm³/mol. The van der Waals surface area contributed by atoms with E-state index < -0.39 is 11.8 Å². The number of methoxy groups -OCH3 is 1. The number of nitriles is 1. The lowest BCUT2D eigenvalue weighted by molar-refractivity contribution is -0.138. The molecule has 0 bridgehead atoms. The molecular weight excluding hydrogens is 251 g/mol. The fourth-order valence-electron chi connectivity index (χ4n) is 1.64. The van der Waals surface area contributed by atoms with E-state index in [4.69, 9.17) is 15.1 Å². The van der Waals surface area contributed by atoms with Crippen LogP contribution in [0.4, 0.5) is 4.39 Å². The van der Waals surface area contributed by atoms with Gasteiger partial charge in [-0.05, 0) is 17.7 Å². The van der Waals surface area contributed by atoms with Crippen molar-refractivity contribution in [3.63, 3.8) is 0 Å². The van der Waals surface area contributed by atoms with Crippen LogP contribution in [0.15, 0.2) is 18.2 Å². The van der Waals surface area contributed by atoms with Crippen LogP contribution >= 0.6 is 0 Å². The first-order valence-corrected chi connectivity index (χ1v) is 5.68. The van der Waals surface area contributed by atoms with Gasteiger partial charge in [0, 0.05) is 20.2 Å². The molecule has 1 N–H and O–H groups in total. The molecule has 0 aliphatic rings. The van der Waals surface area contributed by atoms with Gasteiger partial charge in [-0.15, -0.1) is 0 Å². The number of halogens is 1. The number of ether oxygens (including phenoxy) is 1. The molecule has 5 nitrogen and oxygen atoms in total. The van der Waals surface area contributed by atoms with E-state index in [0.29, 0.717) is 25.3 Å². The second-order valence-electron chi connectivity index (χ2n) is 4.02. The average molecular weight is 266 g/mol. The maximum atomic E-state index is 13.2. The second-order valence-corrected chi connectivity index (χ2v) is 4.02. The fraction of sp³-hybridized carbons (Fsp3) is 0.385. The van der Waals surface area contributed by atoms with E-state index >= 15 is 0 Å². The lowest BCUT2D eigenvalue weighted by Gasteiger charge is -2.19. The minimum Gasteiger partial charge on any atom is -0.480 e. The highest BCUT2D eigenvalue weighted by Gasteiger charge is 2.11. The van der Waals surface area contributed by atoms with Crippen molar-refractivity contribution in [3.8, 4) is 6.07 Å². The number of carbonyl (C=O) groups is 1. The Morgan fingerprint density at radius 3 is 2.89 bits per heavy atom. The van der Waals surface area contributed by atoms with Crippen molar-refractivity contribution in [2.75, 3.05) is 26.8 Å². The zero-order chi connectivity index (χ0) is 14.3. The van der Waals surface area contributed by atoms with Gasteiger partial charge in [-0.1, -0.05) is 6.07 Å². The van der Waals surface area contributed by atoms with Crippen LogP contribution in [-0.4, -0.2) is 42.8 Å². The number of carboxylic acids is 1. The smallest absolute Gasteiger partial charge is 0.317 e. The summed E-state index contributed by atoms with van der Waals surface area (Å²) >= 11 is 0. The SMILES string of the molecule is COCCN(CC(=O)O)Cc1ccc(F)c(C#N)c1. The molecule has 0 unspecified atom stereocenters. The lowest BCUT2D eigenvalue weighted by Crippen LogP contribution is -2.32. The van der Waals surface area contributed by atoms with E-state index in [9.17, 15) is 9.18 Å². The molecule has 1 aromatic carbocycles. The predicted octanol–water partition coefficient (Wildman–Crippen LogP) is 1.23.